The molecule has 0 atom stereocenters. The maximum absolute atomic E-state index is 12.1. The zero-order valence-corrected chi connectivity index (χ0v) is 13.9. The molecule has 1 aliphatic heterocycles. The van der Waals surface area contributed by atoms with Gasteiger partial charge in [-0.3, -0.25) is 9.59 Å². The first kappa shape index (κ1) is 17.8. The summed E-state index contributed by atoms with van der Waals surface area (Å²) in [5, 5.41) is 8.07. The Hall–Kier alpha value is -2.57. The molecule has 1 saturated heterocycles. The lowest BCUT2D eigenvalue weighted by Gasteiger charge is -2.16. The van der Waals surface area contributed by atoms with Crippen LogP contribution < -0.4 is 16.0 Å². The number of carbonyl (C=O) groups excluding carboxylic acids is 3. The number of benzene rings is 1. The molecular weight excluding hydrogens is 308 g/mol. The Labute approximate surface area is 141 Å². The summed E-state index contributed by atoms with van der Waals surface area (Å²) in [6.45, 7) is 3.88. The van der Waals surface area contributed by atoms with Crippen LogP contribution in [-0.2, 0) is 4.79 Å². The standard InChI is InChI=1S/C17H24N4O3/c1-2-9-18-16(23)13-7-3-4-8-14(13)20-15(22)12-19-17(24)21-10-5-6-11-21/h3-4,7-8H,2,5-6,9-12H2,1H3,(H,18,23)(H,19,24)(H,20,22). The number of hydrogen-bond acceptors (Lipinski definition) is 3. The number of nitrogens with zero attached hydrogens (tertiary/aromatic N) is 1. The highest BCUT2D eigenvalue weighted by atomic mass is 16.2. The molecule has 0 bridgehead atoms. The Bertz CT molecular complexity index is 597. The van der Waals surface area contributed by atoms with Gasteiger partial charge in [0.05, 0.1) is 17.8 Å². The van der Waals surface area contributed by atoms with Crippen LogP contribution in [0.4, 0.5) is 10.5 Å². The lowest BCUT2D eigenvalue weighted by molar-refractivity contribution is -0.115. The monoisotopic (exact) mass is 332 g/mol. The third-order valence-electron chi connectivity index (χ3n) is 3.77. The Morgan fingerprint density at radius 2 is 1.79 bits per heavy atom. The first-order chi connectivity index (χ1) is 11.6. The molecule has 1 aromatic rings. The summed E-state index contributed by atoms with van der Waals surface area (Å²) in [7, 11) is 0. The van der Waals surface area contributed by atoms with Crippen LogP contribution in [0.25, 0.3) is 0 Å². The van der Waals surface area contributed by atoms with E-state index in [0.717, 1.165) is 32.4 Å². The van der Waals surface area contributed by atoms with Gasteiger partial charge in [-0.15, -0.1) is 0 Å². The first-order valence-electron chi connectivity index (χ1n) is 8.31. The van der Waals surface area contributed by atoms with Gasteiger partial charge in [-0.2, -0.15) is 0 Å². The Kier molecular flexibility index (Phi) is 6.60. The quantitative estimate of drug-likeness (QED) is 0.738. The van der Waals surface area contributed by atoms with E-state index in [-0.39, 0.29) is 24.4 Å². The molecule has 2 rings (SSSR count). The number of rotatable bonds is 6. The van der Waals surface area contributed by atoms with Gasteiger partial charge in [-0.25, -0.2) is 4.79 Å². The first-order valence-corrected chi connectivity index (χ1v) is 8.31. The molecule has 4 amide bonds. The second-order valence-electron chi connectivity index (χ2n) is 5.70. The smallest absolute Gasteiger partial charge is 0.317 e. The van der Waals surface area contributed by atoms with Gasteiger partial charge in [0.15, 0.2) is 0 Å². The third kappa shape index (κ3) is 4.97. The van der Waals surface area contributed by atoms with E-state index in [9.17, 15) is 14.4 Å². The van der Waals surface area contributed by atoms with Gasteiger partial charge < -0.3 is 20.9 Å². The normalized spacial score (nSPS) is 13.5. The highest BCUT2D eigenvalue weighted by molar-refractivity contribution is 6.04. The van der Waals surface area contributed by atoms with Gasteiger partial charge in [0.1, 0.15) is 0 Å². The molecular formula is C17H24N4O3. The molecule has 130 valence electrons. The fourth-order valence-corrected chi connectivity index (χ4v) is 2.51. The summed E-state index contributed by atoms with van der Waals surface area (Å²) in [5.41, 5.74) is 0.844. The van der Waals surface area contributed by atoms with Crippen LogP contribution in [-0.4, -0.2) is 48.9 Å². The van der Waals surface area contributed by atoms with E-state index in [1.165, 1.54) is 0 Å². The molecule has 1 heterocycles. The lowest BCUT2D eigenvalue weighted by Crippen LogP contribution is -2.41. The molecule has 0 spiro atoms. The van der Waals surface area contributed by atoms with E-state index in [0.29, 0.717) is 17.8 Å². The molecule has 0 aliphatic carbocycles. The number of amides is 4. The largest absolute Gasteiger partial charge is 0.352 e. The van der Waals surface area contributed by atoms with Crippen molar-refractivity contribution >= 4 is 23.5 Å². The van der Waals surface area contributed by atoms with Crippen molar-refractivity contribution in [2.24, 2.45) is 0 Å². The number of hydrogen-bond donors (Lipinski definition) is 3. The number of urea groups is 1. The van der Waals surface area contributed by atoms with Gasteiger partial charge in [0, 0.05) is 19.6 Å². The van der Waals surface area contributed by atoms with Gasteiger partial charge in [0.25, 0.3) is 5.91 Å². The maximum atomic E-state index is 12.1. The van der Waals surface area contributed by atoms with Crippen LogP contribution in [0.1, 0.15) is 36.5 Å². The highest BCUT2D eigenvalue weighted by Gasteiger charge is 2.18. The minimum absolute atomic E-state index is 0.125. The van der Waals surface area contributed by atoms with E-state index >= 15 is 0 Å². The molecule has 24 heavy (non-hydrogen) atoms. The predicted octanol–water partition coefficient (Wildman–Crippen LogP) is 1.57. The third-order valence-corrected chi connectivity index (χ3v) is 3.77. The molecule has 1 fully saturated rings. The number of nitrogens with one attached hydrogen (secondary N) is 3. The zero-order chi connectivity index (χ0) is 17.4. The zero-order valence-electron chi connectivity index (χ0n) is 13.9. The number of anilines is 1. The van der Waals surface area contributed by atoms with Gasteiger partial charge >= 0.3 is 6.03 Å². The van der Waals surface area contributed by atoms with Crippen molar-refractivity contribution in [2.75, 3.05) is 31.5 Å². The summed E-state index contributed by atoms with van der Waals surface area (Å²) < 4.78 is 0. The summed E-state index contributed by atoms with van der Waals surface area (Å²) in [6.07, 6.45) is 2.84. The molecule has 3 N–H and O–H groups in total. The average molecular weight is 332 g/mol. The molecule has 7 heteroatoms. The minimum Gasteiger partial charge on any atom is -0.352 e. The van der Waals surface area contributed by atoms with Gasteiger partial charge in [-0.1, -0.05) is 19.1 Å². The highest BCUT2D eigenvalue weighted by Crippen LogP contribution is 2.14. The van der Waals surface area contributed by atoms with Crippen molar-refractivity contribution in [3.05, 3.63) is 29.8 Å². The van der Waals surface area contributed by atoms with E-state index in [4.69, 9.17) is 0 Å². The SMILES string of the molecule is CCCNC(=O)c1ccccc1NC(=O)CNC(=O)N1CCCC1. The predicted molar refractivity (Wildman–Crippen MR) is 91.9 cm³/mol. The van der Waals surface area contributed by atoms with Gasteiger partial charge in [-0.05, 0) is 31.4 Å². The van der Waals surface area contributed by atoms with E-state index in [1.54, 1.807) is 29.2 Å². The van der Waals surface area contributed by atoms with Crippen LogP contribution in [0.15, 0.2) is 24.3 Å². The van der Waals surface area contributed by atoms with Crippen LogP contribution in [0, 0.1) is 0 Å². The van der Waals surface area contributed by atoms with Crippen molar-refractivity contribution in [3.8, 4) is 0 Å². The fourth-order valence-electron chi connectivity index (χ4n) is 2.51. The van der Waals surface area contributed by atoms with Crippen LogP contribution >= 0.6 is 0 Å². The van der Waals surface area contributed by atoms with Crippen molar-refractivity contribution in [1.29, 1.82) is 0 Å². The molecule has 7 nitrogen and oxygen atoms in total. The maximum Gasteiger partial charge on any atom is 0.317 e. The van der Waals surface area contributed by atoms with Crippen molar-refractivity contribution in [1.82, 2.24) is 15.5 Å². The number of carbonyl (C=O) groups is 3. The summed E-state index contributed by atoms with van der Waals surface area (Å²) in [4.78, 5) is 37.7. The van der Waals surface area contributed by atoms with E-state index < -0.39 is 0 Å². The van der Waals surface area contributed by atoms with E-state index in [1.807, 2.05) is 6.92 Å². The second kappa shape index (κ2) is 8.90. The minimum atomic E-state index is -0.363. The van der Waals surface area contributed by atoms with Crippen LogP contribution in [0.3, 0.4) is 0 Å². The molecule has 0 unspecified atom stereocenters. The van der Waals surface area contributed by atoms with Crippen molar-refractivity contribution in [2.45, 2.75) is 26.2 Å². The van der Waals surface area contributed by atoms with Crippen LogP contribution in [0.5, 0.6) is 0 Å². The fraction of sp³-hybridized carbons (Fsp3) is 0.471. The Morgan fingerprint density at radius 3 is 2.50 bits per heavy atom. The molecule has 0 aromatic heterocycles. The lowest BCUT2D eigenvalue weighted by atomic mass is 10.1. The Morgan fingerprint density at radius 1 is 1.08 bits per heavy atom. The number of likely N-dealkylation sites (tertiary alicyclic amines) is 1. The molecule has 0 saturated carbocycles. The Balaban J connectivity index is 1.89. The average Bonchev–Trinajstić information content (AvgIpc) is 3.12. The molecule has 0 radical (unpaired) electrons. The van der Waals surface area contributed by atoms with Crippen LogP contribution in [0.2, 0.25) is 0 Å². The summed E-state index contributed by atoms with van der Waals surface area (Å²) >= 11 is 0. The molecule has 1 aliphatic rings. The molecule has 1 aromatic carbocycles. The van der Waals surface area contributed by atoms with Crippen molar-refractivity contribution in [3.63, 3.8) is 0 Å². The second-order valence-corrected chi connectivity index (χ2v) is 5.70. The van der Waals surface area contributed by atoms with E-state index in [2.05, 4.69) is 16.0 Å². The number of para-hydroxylation sites is 1. The van der Waals surface area contributed by atoms with Gasteiger partial charge in [0.2, 0.25) is 5.91 Å². The summed E-state index contributed by atoms with van der Waals surface area (Å²) in [6, 6.07) is 6.59. The van der Waals surface area contributed by atoms with Crippen molar-refractivity contribution < 1.29 is 14.4 Å². The topological polar surface area (TPSA) is 90.5 Å². The summed E-state index contributed by atoms with van der Waals surface area (Å²) in [5.74, 6) is -0.591.